The molecule has 0 spiro atoms. The lowest BCUT2D eigenvalue weighted by Crippen LogP contribution is -2.16. The topological polar surface area (TPSA) is 17.1 Å². The Balaban J connectivity index is 2.29. The van der Waals surface area contributed by atoms with Gasteiger partial charge in [0, 0.05) is 6.42 Å². The first-order valence-corrected chi connectivity index (χ1v) is 5.62. The van der Waals surface area contributed by atoms with Crippen LogP contribution in [-0.4, -0.2) is 10.6 Å². The zero-order valence-corrected chi connectivity index (χ0v) is 9.33. The van der Waals surface area contributed by atoms with E-state index >= 15 is 0 Å². The van der Waals surface area contributed by atoms with Crippen molar-refractivity contribution >= 4 is 27.3 Å². The molecule has 1 atom stereocenters. The van der Waals surface area contributed by atoms with Crippen molar-refractivity contribution in [1.29, 1.82) is 0 Å². The molecule has 0 heterocycles. The van der Waals surface area contributed by atoms with Gasteiger partial charge in [-0.15, -0.1) is 0 Å². The number of halogens is 1. The molecule has 1 aliphatic carbocycles. The van der Waals surface area contributed by atoms with Crippen LogP contribution in [0, 0.1) is 0 Å². The van der Waals surface area contributed by atoms with E-state index in [1.807, 2.05) is 24.3 Å². The van der Waals surface area contributed by atoms with Crippen molar-refractivity contribution in [2.75, 3.05) is 0 Å². The molecule has 1 unspecified atom stereocenters. The summed E-state index contributed by atoms with van der Waals surface area (Å²) in [4.78, 5) is 11.2. The molecular weight excluding hydrogens is 240 g/mol. The summed E-state index contributed by atoms with van der Waals surface area (Å²) in [5.74, 6) is 0.282. The highest BCUT2D eigenvalue weighted by atomic mass is 79.9. The van der Waals surface area contributed by atoms with E-state index in [-0.39, 0.29) is 10.6 Å². The Morgan fingerprint density at radius 2 is 1.86 bits per heavy atom. The molecule has 0 radical (unpaired) electrons. The first kappa shape index (κ1) is 9.66. The van der Waals surface area contributed by atoms with Crippen LogP contribution in [0.15, 0.2) is 36.4 Å². The molecule has 1 nitrogen and oxygen atoms in total. The maximum atomic E-state index is 11.3. The number of Topliss-reactive ketones (excluding diaryl/α,β-unsaturated/α-hetero) is 1. The Labute approximate surface area is 92.0 Å². The Bertz CT molecular complexity index is 367. The van der Waals surface area contributed by atoms with Crippen molar-refractivity contribution in [2.45, 2.75) is 17.7 Å². The van der Waals surface area contributed by atoms with Gasteiger partial charge in [-0.3, -0.25) is 4.79 Å². The van der Waals surface area contributed by atoms with Crippen LogP contribution in [0.1, 0.15) is 18.4 Å². The van der Waals surface area contributed by atoms with Gasteiger partial charge in [0.15, 0.2) is 5.78 Å². The van der Waals surface area contributed by atoms with Crippen LogP contribution in [0.2, 0.25) is 0 Å². The SMILES string of the molecule is O=C1CCC(c2ccccc2)=CC1Br. The molecule has 1 aliphatic rings. The lowest BCUT2D eigenvalue weighted by Gasteiger charge is -2.15. The second kappa shape index (κ2) is 4.09. The van der Waals surface area contributed by atoms with E-state index < -0.39 is 0 Å². The van der Waals surface area contributed by atoms with E-state index in [4.69, 9.17) is 0 Å². The standard InChI is InChI=1S/C12H11BrO/c13-11-8-10(6-7-12(11)14)9-4-2-1-3-5-9/h1-5,8,11H,6-7H2. The third-order valence-corrected chi connectivity index (χ3v) is 3.22. The molecule has 1 aromatic carbocycles. The Kier molecular flexibility index (Phi) is 2.82. The minimum atomic E-state index is -0.0912. The van der Waals surface area contributed by atoms with Crippen LogP contribution < -0.4 is 0 Å². The summed E-state index contributed by atoms with van der Waals surface area (Å²) in [6, 6.07) is 10.2. The van der Waals surface area contributed by atoms with Crippen molar-refractivity contribution in [3.05, 3.63) is 42.0 Å². The normalized spacial score (nSPS) is 21.9. The number of benzene rings is 1. The van der Waals surface area contributed by atoms with Crippen molar-refractivity contribution < 1.29 is 4.79 Å². The predicted molar refractivity (Wildman–Crippen MR) is 61.4 cm³/mol. The van der Waals surface area contributed by atoms with Crippen molar-refractivity contribution in [3.8, 4) is 0 Å². The number of allylic oxidation sites excluding steroid dienone is 2. The number of hydrogen-bond donors (Lipinski definition) is 0. The highest BCUT2D eigenvalue weighted by Gasteiger charge is 2.19. The number of rotatable bonds is 1. The van der Waals surface area contributed by atoms with Crippen LogP contribution in [0.4, 0.5) is 0 Å². The summed E-state index contributed by atoms with van der Waals surface area (Å²) >= 11 is 3.37. The molecule has 1 aromatic rings. The smallest absolute Gasteiger partial charge is 0.150 e. The molecule has 0 fully saturated rings. The third kappa shape index (κ3) is 1.95. The molecule has 72 valence electrons. The first-order chi connectivity index (χ1) is 6.77. The number of ketones is 1. The van der Waals surface area contributed by atoms with E-state index in [1.165, 1.54) is 11.1 Å². The molecular formula is C12H11BrO. The zero-order chi connectivity index (χ0) is 9.97. The van der Waals surface area contributed by atoms with E-state index in [2.05, 4.69) is 28.1 Å². The van der Waals surface area contributed by atoms with Crippen molar-refractivity contribution in [3.63, 3.8) is 0 Å². The highest BCUT2D eigenvalue weighted by molar-refractivity contribution is 9.10. The van der Waals surface area contributed by atoms with Gasteiger partial charge in [-0.05, 0) is 17.6 Å². The summed E-state index contributed by atoms with van der Waals surface area (Å²) in [7, 11) is 0. The Morgan fingerprint density at radius 3 is 2.50 bits per heavy atom. The van der Waals surface area contributed by atoms with Crippen LogP contribution in [0.3, 0.4) is 0 Å². The summed E-state index contributed by atoms with van der Waals surface area (Å²) in [5, 5.41) is 0. The number of carbonyl (C=O) groups is 1. The van der Waals surface area contributed by atoms with Gasteiger partial charge >= 0.3 is 0 Å². The number of hydrogen-bond acceptors (Lipinski definition) is 1. The fraction of sp³-hybridized carbons (Fsp3) is 0.250. The second-order valence-corrected chi connectivity index (χ2v) is 4.41. The molecule has 0 amide bonds. The Hall–Kier alpha value is -0.890. The van der Waals surface area contributed by atoms with Crippen LogP contribution in [0.25, 0.3) is 5.57 Å². The summed E-state index contributed by atoms with van der Waals surface area (Å²) in [6.45, 7) is 0. The highest BCUT2D eigenvalue weighted by Crippen LogP contribution is 2.27. The van der Waals surface area contributed by atoms with E-state index in [9.17, 15) is 4.79 Å². The zero-order valence-electron chi connectivity index (χ0n) is 7.74. The molecule has 2 rings (SSSR count). The van der Waals surface area contributed by atoms with Gasteiger partial charge < -0.3 is 0 Å². The fourth-order valence-corrected chi connectivity index (χ4v) is 2.19. The molecule has 0 aliphatic heterocycles. The minimum Gasteiger partial charge on any atom is -0.298 e. The summed E-state index contributed by atoms with van der Waals surface area (Å²) < 4.78 is 0. The van der Waals surface area contributed by atoms with Crippen molar-refractivity contribution in [1.82, 2.24) is 0 Å². The van der Waals surface area contributed by atoms with E-state index in [1.54, 1.807) is 0 Å². The lowest BCUT2D eigenvalue weighted by atomic mass is 9.93. The quantitative estimate of drug-likeness (QED) is 0.700. The van der Waals surface area contributed by atoms with Gasteiger partial charge in [0.1, 0.15) is 0 Å². The summed E-state index contributed by atoms with van der Waals surface area (Å²) in [6.07, 6.45) is 3.53. The second-order valence-electron chi connectivity index (χ2n) is 3.43. The Morgan fingerprint density at radius 1 is 1.14 bits per heavy atom. The molecule has 0 saturated carbocycles. The first-order valence-electron chi connectivity index (χ1n) is 4.70. The molecule has 14 heavy (non-hydrogen) atoms. The largest absolute Gasteiger partial charge is 0.298 e. The van der Waals surface area contributed by atoms with Gasteiger partial charge in [-0.2, -0.15) is 0 Å². The van der Waals surface area contributed by atoms with Gasteiger partial charge in [-0.25, -0.2) is 0 Å². The van der Waals surface area contributed by atoms with Crippen LogP contribution >= 0.6 is 15.9 Å². The fourth-order valence-electron chi connectivity index (χ4n) is 1.64. The average molecular weight is 251 g/mol. The molecule has 0 saturated heterocycles. The van der Waals surface area contributed by atoms with Gasteiger partial charge in [0.25, 0.3) is 0 Å². The molecule has 0 bridgehead atoms. The lowest BCUT2D eigenvalue weighted by molar-refractivity contribution is -0.117. The van der Waals surface area contributed by atoms with Crippen LogP contribution in [0.5, 0.6) is 0 Å². The van der Waals surface area contributed by atoms with Crippen LogP contribution in [-0.2, 0) is 4.79 Å². The maximum Gasteiger partial charge on any atom is 0.150 e. The number of alkyl halides is 1. The molecule has 0 aromatic heterocycles. The van der Waals surface area contributed by atoms with Gasteiger partial charge in [0.2, 0.25) is 0 Å². The summed E-state index contributed by atoms with van der Waals surface area (Å²) in [5.41, 5.74) is 2.50. The predicted octanol–water partition coefficient (Wildman–Crippen LogP) is 3.20. The van der Waals surface area contributed by atoms with Gasteiger partial charge in [0.05, 0.1) is 4.83 Å². The minimum absolute atomic E-state index is 0.0912. The van der Waals surface area contributed by atoms with Gasteiger partial charge in [-0.1, -0.05) is 52.3 Å². The molecule has 2 heteroatoms. The van der Waals surface area contributed by atoms with Crippen molar-refractivity contribution in [2.24, 2.45) is 0 Å². The maximum absolute atomic E-state index is 11.3. The monoisotopic (exact) mass is 250 g/mol. The van der Waals surface area contributed by atoms with E-state index in [0.717, 1.165) is 6.42 Å². The third-order valence-electron chi connectivity index (χ3n) is 2.44. The number of carbonyl (C=O) groups excluding carboxylic acids is 1. The van der Waals surface area contributed by atoms with E-state index in [0.29, 0.717) is 6.42 Å². The average Bonchev–Trinajstić information content (AvgIpc) is 2.23. The molecule has 0 N–H and O–H groups in total.